The maximum atomic E-state index is 10.5. The standard InChI is InChI=1S/C4H9O5PS/c1-2-9-4(5)3-11-10(6,7)8/h2-3H2,1H3,(H2,6,7,8). The summed E-state index contributed by atoms with van der Waals surface area (Å²) in [6, 6.07) is 0. The van der Waals surface area contributed by atoms with Crippen LogP contribution in [0.1, 0.15) is 6.92 Å². The Bertz CT molecular complexity index is 175. The van der Waals surface area contributed by atoms with Gasteiger partial charge in [-0.05, 0) is 18.3 Å². The first-order chi connectivity index (χ1) is 4.95. The Hall–Kier alpha value is -0.0300. The average Bonchev–Trinajstić information content (AvgIpc) is 1.83. The Balaban J connectivity index is 3.55. The van der Waals surface area contributed by atoms with E-state index in [0.717, 1.165) is 0 Å². The Morgan fingerprint density at radius 3 is 2.55 bits per heavy atom. The van der Waals surface area contributed by atoms with Gasteiger partial charge >= 0.3 is 12.8 Å². The molecule has 0 fully saturated rings. The lowest BCUT2D eigenvalue weighted by molar-refractivity contribution is -0.139. The molecular weight excluding hydrogens is 191 g/mol. The van der Waals surface area contributed by atoms with Crippen LogP contribution < -0.4 is 0 Å². The predicted octanol–water partition coefficient (Wildman–Crippen LogP) is 0.375. The van der Waals surface area contributed by atoms with Crippen LogP contribution in [-0.2, 0) is 14.1 Å². The predicted molar refractivity (Wildman–Crippen MR) is 41.1 cm³/mol. The monoisotopic (exact) mass is 200 g/mol. The number of carbonyl (C=O) groups excluding carboxylic acids is 1. The quantitative estimate of drug-likeness (QED) is 0.504. The normalized spacial score (nSPS) is 11.2. The van der Waals surface area contributed by atoms with Gasteiger partial charge in [0.2, 0.25) is 0 Å². The third-order valence-electron chi connectivity index (χ3n) is 0.656. The molecule has 0 bridgehead atoms. The van der Waals surface area contributed by atoms with Crippen LogP contribution in [-0.4, -0.2) is 28.1 Å². The van der Waals surface area contributed by atoms with Crippen LogP contribution >= 0.6 is 18.2 Å². The summed E-state index contributed by atoms with van der Waals surface area (Å²) in [6.45, 7) is -2.28. The third kappa shape index (κ3) is 7.87. The van der Waals surface area contributed by atoms with E-state index in [1.807, 2.05) is 0 Å². The van der Waals surface area contributed by atoms with Gasteiger partial charge in [0.15, 0.2) is 0 Å². The molecule has 11 heavy (non-hydrogen) atoms. The Kier molecular flexibility index (Phi) is 4.76. The maximum absolute atomic E-state index is 10.5. The van der Waals surface area contributed by atoms with Crippen LogP contribution in [0.3, 0.4) is 0 Å². The minimum atomic E-state index is -4.13. The van der Waals surface area contributed by atoms with Crippen LogP contribution in [0.5, 0.6) is 0 Å². The van der Waals surface area contributed by atoms with E-state index in [0.29, 0.717) is 0 Å². The lowest BCUT2D eigenvalue weighted by Crippen LogP contribution is -2.06. The number of hydrogen-bond donors (Lipinski definition) is 2. The SMILES string of the molecule is CCOC(=O)CSP(=O)(O)O. The van der Waals surface area contributed by atoms with Gasteiger partial charge in [0, 0.05) is 0 Å². The molecule has 66 valence electrons. The molecule has 0 aromatic rings. The number of esters is 1. The zero-order valence-electron chi connectivity index (χ0n) is 5.89. The second-order valence-corrected chi connectivity index (χ2v) is 5.30. The Labute approximate surface area is 68.0 Å². The molecule has 0 aliphatic rings. The summed E-state index contributed by atoms with van der Waals surface area (Å²) in [7, 11) is 0. The maximum Gasteiger partial charge on any atom is 0.384 e. The lowest BCUT2D eigenvalue weighted by atomic mass is 10.8. The molecule has 0 radical (unpaired) electrons. The highest BCUT2D eigenvalue weighted by atomic mass is 32.7. The molecule has 0 unspecified atom stereocenters. The second-order valence-electron chi connectivity index (χ2n) is 1.57. The van der Waals surface area contributed by atoms with Gasteiger partial charge in [-0.25, -0.2) is 4.57 Å². The first kappa shape index (κ1) is 11.0. The molecular formula is C4H9O5PS. The molecule has 0 atom stereocenters. The van der Waals surface area contributed by atoms with Crippen molar-refractivity contribution in [3.63, 3.8) is 0 Å². The van der Waals surface area contributed by atoms with Crippen molar-refractivity contribution in [3.05, 3.63) is 0 Å². The summed E-state index contributed by atoms with van der Waals surface area (Å²) in [6.07, 6.45) is 0. The van der Waals surface area contributed by atoms with Crippen molar-refractivity contribution in [3.8, 4) is 0 Å². The van der Waals surface area contributed by atoms with E-state index in [1.54, 1.807) is 6.92 Å². The highest BCUT2D eigenvalue weighted by Gasteiger charge is 2.16. The van der Waals surface area contributed by atoms with Gasteiger partial charge < -0.3 is 14.5 Å². The van der Waals surface area contributed by atoms with Gasteiger partial charge in [0.05, 0.1) is 6.61 Å². The lowest BCUT2D eigenvalue weighted by Gasteiger charge is -2.01. The van der Waals surface area contributed by atoms with Gasteiger partial charge in [-0.2, -0.15) is 0 Å². The molecule has 5 nitrogen and oxygen atoms in total. The summed E-state index contributed by atoms with van der Waals surface area (Å²) in [5.74, 6) is -0.918. The molecule has 2 N–H and O–H groups in total. The number of carbonyl (C=O) groups is 1. The van der Waals surface area contributed by atoms with E-state index in [-0.39, 0.29) is 23.7 Å². The molecule has 0 aliphatic carbocycles. The van der Waals surface area contributed by atoms with Gasteiger partial charge in [-0.3, -0.25) is 4.79 Å². The highest BCUT2D eigenvalue weighted by molar-refractivity contribution is 8.54. The molecule has 0 aliphatic heterocycles. The van der Waals surface area contributed by atoms with E-state index < -0.39 is 12.8 Å². The highest BCUT2D eigenvalue weighted by Crippen LogP contribution is 2.49. The van der Waals surface area contributed by atoms with E-state index in [2.05, 4.69) is 4.74 Å². The smallest absolute Gasteiger partial charge is 0.384 e. The topological polar surface area (TPSA) is 83.8 Å². The van der Waals surface area contributed by atoms with Crippen molar-refractivity contribution in [1.29, 1.82) is 0 Å². The molecule has 0 amide bonds. The molecule has 0 aromatic carbocycles. The molecule has 7 heteroatoms. The molecule has 0 aromatic heterocycles. The Morgan fingerprint density at radius 2 is 2.18 bits per heavy atom. The van der Waals surface area contributed by atoms with Crippen molar-refractivity contribution in [2.45, 2.75) is 6.92 Å². The molecule has 0 heterocycles. The number of hydrogen-bond acceptors (Lipinski definition) is 4. The zero-order chi connectivity index (χ0) is 8.91. The molecule has 0 rings (SSSR count). The minimum Gasteiger partial charge on any atom is -0.465 e. The first-order valence-electron chi connectivity index (χ1n) is 2.81. The summed E-state index contributed by atoms with van der Waals surface area (Å²) >= 11 is 0.274. The number of ether oxygens (including phenoxy) is 1. The van der Waals surface area contributed by atoms with Crippen LogP contribution in [0.2, 0.25) is 0 Å². The average molecular weight is 200 g/mol. The van der Waals surface area contributed by atoms with Crippen molar-refractivity contribution < 1.29 is 23.9 Å². The van der Waals surface area contributed by atoms with E-state index in [9.17, 15) is 9.36 Å². The first-order valence-corrected chi connectivity index (χ1v) is 6.01. The van der Waals surface area contributed by atoms with E-state index in [1.165, 1.54) is 0 Å². The molecule has 0 saturated carbocycles. The van der Waals surface area contributed by atoms with Gasteiger partial charge in [0.25, 0.3) is 0 Å². The van der Waals surface area contributed by atoms with E-state index in [4.69, 9.17) is 9.79 Å². The fraction of sp³-hybridized carbons (Fsp3) is 0.750. The second kappa shape index (κ2) is 4.77. The fourth-order valence-electron chi connectivity index (χ4n) is 0.339. The van der Waals surface area contributed by atoms with Gasteiger partial charge in [-0.15, -0.1) is 0 Å². The van der Waals surface area contributed by atoms with Crippen molar-refractivity contribution in [2.75, 3.05) is 12.4 Å². The van der Waals surface area contributed by atoms with Crippen molar-refractivity contribution in [1.82, 2.24) is 0 Å². The van der Waals surface area contributed by atoms with Crippen molar-refractivity contribution >= 4 is 24.1 Å². The van der Waals surface area contributed by atoms with E-state index >= 15 is 0 Å². The Morgan fingerprint density at radius 1 is 1.64 bits per heavy atom. The van der Waals surface area contributed by atoms with Gasteiger partial charge in [0.1, 0.15) is 5.75 Å². The van der Waals surface area contributed by atoms with Crippen LogP contribution in [0.4, 0.5) is 0 Å². The zero-order valence-corrected chi connectivity index (χ0v) is 7.60. The number of rotatable bonds is 4. The van der Waals surface area contributed by atoms with Crippen molar-refractivity contribution in [2.24, 2.45) is 0 Å². The van der Waals surface area contributed by atoms with Crippen LogP contribution in [0.25, 0.3) is 0 Å². The molecule has 0 saturated heterocycles. The summed E-state index contributed by atoms with van der Waals surface area (Å²) < 4.78 is 14.6. The minimum absolute atomic E-state index is 0.223. The summed E-state index contributed by atoms with van der Waals surface area (Å²) in [4.78, 5) is 27.1. The van der Waals surface area contributed by atoms with Gasteiger partial charge in [-0.1, -0.05) is 0 Å². The largest absolute Gasteiger partial charge is 0.465 e. The fourth-order valence-corrected chi connectivity index (χ4v) is 1.52. The molecule has 0 spiro atoms. The summed E-state index contributed by atoms with van der Waals surface area (Å²) in [5, 5.41) is 0. The van der Waals surface area contributed by atoms with Crippen LogP contribution in [0, 0.1) is 0 Å². The summed E-state index contributed by atoms with van der Waals surface area (Å²) in [5.41, 5.74) is 0. The third-order valence-corrected chi connectivity index (χ3v) is 2.75. The van der Waals surface area contributed by atoms with Crippen LogP contribution in [0.15, 0.2) is 0 Å².